The van der Waals surface area contributed by atoms with Crippen LogP contribution in [-0.4, -0.2) is 9.38 Å². The molecule has 3 rings (SSSR count). The Morgan fingerprint density at radius 3 is 2.63 bits per heavy atom. The van der Waals surface area contributed by atoms with Crippen molar-refractivity contribution in [2.45, 2.75) is 24.5 Å². The molecular formula is C14H14BrN2S2-. The molecule has 2 aromatic heterocycles. The number of aryl methyl sites for hydroxylation is 2. The van der Waals surface area contributed by atoms with Crippen LogP contribution in [0, 0.1) is 13.8 Å². The molecule has 1 aromatic carbocycles. The van der Waals surface area contributed by atoms with Crippen LogP contribution in [0.4, 0.5) is 0 Å². The van der Waals surface area contributed by atoms with Crippen LogP contribution in [-0.2, 0) is 5.75 Å². The number of nitrogens with zero attached hydrogens (tertiary/aromatic N) is 2. The topological polar surface area (TPSA) is 17.3 Å². The third-order valence-corrected chi connectivity index (χ3v) is 4.85. The number of thiazole rings is 1. The normalized spacial score (nSPS) is 10.6. The van der Waals surface area contributed by atoms with Crippen LogP contribution in [0.5, 0.6) is 0 Å². The first-order chi connectivity index (χ1) is 8.72. The van der Waals surface area contributed by atoms with E-state index in [9.17, 15) is 0 Å². The third kappa shape index (κ3) is 3.22. The zero-order chi connectivity index (χ0) is 12.5. The maximum atomic E-state index is 4.63. The molecule has 0 spiro atoms. The number of imidazole rings is 1. The highest BCUT2D eigenvalue weighted by Crippen LogP contribution is 2.24. The van der Waals surface area contributed by atoms with Gasteiger partial charge in [-0.05, 0) is 26.0 Å². The van der Waals surface area contributed by atoms with Crippen molar-refractivity contribution in [2.75, 3.05) is 0 Å². The summed E-state index contributed by atoms with van der Waals surface area (Å²) in [5.74, 6) is 0.927. The molecule has 0 radical (unpaired) electrons. The average Bonchev–Trinajstić information content (AvgIpc) is 2.91. The molecule has 0 unspecified atom stereocenters. The van der Waals surface area contributed by atoms with Crippen molar-refractivity contribution in [2.24, 2.45) is 0 Å². The summed E-state index contributed by atoms with van der Waals surface area (Å²) in [6.07, 6.45) is 2.14. The Balaban J connectivity index is 0.00000133. The minimum atomic E-state index is 0. The molecule has 0 bridgehead atoms. The van der Waals surface area contributed by atoms with E-state index in [1.807, 2.05) is 11.8 Å². The molecule has 5 heteroatoms. The van der Waals surface area contributed by atoms with Gasteiger partial charge in [-0.1, -0.05) is 17.7 Å². The van der Waals surface area contributed by atoms with Gasteiger partial charge in [-0.3, -0.25) is 4.40 Å². The maximum Gasteiger partial charge on any atom is 0.194 e. The molecule has 3 aromatic rings. The smallest absolute Gasteiger partial charge is 0.194 e. The fraction of sp³-hybridized carbons (Fsp3) is 0.214. The van der Waals surface area contributed by atoms with Crippen molar-refractivity contribution < 1.29 is 17.0 Å². The summed E-state index contributed by atoms with van der Waals surface area (Å²) in [5.41, 5.74) is 3.71. The van der Waals surface area contributed by atoms with Gasteiger partial charge in [0.2, 0.25) is 0 Å². The molecule has 0 aliphatic heterocycles. The summed E-state index contributed by atoms with van der Waals surface area (Å²) >= 11 is 3.54. The van der Waals surface area contributed by atoms with Crippen molar-refractivity contribution in [3.8, 4) is 0 Å². The monoisotopic (exact) mass is 353 g/mol. The third-order valence-electron chi connectivity index (χ3n) is 2.85. The van der Waals surface area contributed by atoms with E-state index in [-0.39, 0.29) is 17.0 Å². The van der Waals surface area contributed by atoms with Gasteiger partial charge in [0.05, 0.1) is 5.69 Å². The lowest BCUT2D eigenvalue weighted by molar-refractivity contribution is -0.00000380. The first-order valence-corrected chi connectivity index (χ1v) is 7.70. The summed E-state index contributed by atoms with van der Waals surface area (Å²) < 4.78 is 2.16. The summed E-state index contributed by atoms with van der Waals surface area (Å²) in [7, 11) is 0. The number of hydrogen-bond acceptors (Lipinski definition) is 3. The van der Waals surface area contributed by atoms with E-state index in [0.717, 1.165) is 16.4 Å². The molecule has 0 fully saturated rings. The number of rotatable bonds is 3. The van der Waals surface area contributed by atoms with Gasteiger partial charge < -0.3 is 17.0 Å². The number of hydrogen-bond donors (Lipinski definition) is 0. The van der Waals surface area contributed by atoms with Crippen LogP contribution >= 0.6 is 23.1 Å². The molecule has 0 atom stereocenters. The Kier molecular flexibility index (Phi) is 4.71. The molecule has 2 heterocycles. The molecular weight excluding hydrogens is 340 g/mol. The van der Waals surface area contributed by atoms with Crippen LogP contribution in [0.15, 0.2) is 40.7 Å². The highest BCUT2D eigenvalue weighted by Gasteiger charge is 2.05. The number of aromatic nitrogens is 2. The Morgan fingerprint density at radius 2 is 1.95 bits per heavy atom. The fourth-order valence-electron chi connectivity index (χ4n) is 1.80. The van der Waals surface area contributed by atoms with E-state index in [0.29, 0.717) is 0 Å². The summed E-state index contributed by atoms with van der Waals surface area (Å²) in [6.45, 7) is 4.22. The van der Waals surface area contributed by atoms with E-state index >= 15 is 0 Å². The minimum absolute atomic E-state index is 0. The molecule has 0 N–H and O–H groups in total. The van der Waals surface area contributed by atoms with Crippen LogP contribution in [0.1, 0.15) is 17.0 Å². The van der Waals surface area contributed by atoms with Crippen molar-refractivity contribution in [1.29, 1.82) is 0 Å². The van der Waals surface area contributed by atoms with Gasteiger partial charge >= 0.3 is 0 Å². The van der Waals surface area contributed by atoms with E-state index in [1.165, 1.54) is 16.2 Å². The van der Waals surface area contributed by atoms with Crippen molar-refractivity contribution >= 4 is 28.1 Å². The predicted molar refractivity (Wildman–Crippen MR) is 78.5 cm³/mol. The zero-order valence-corrected chi connectivity index (χ0v) is 14.0. The van der Waals surface area contributed by atoms with Crippen LogP contribution in [0.3, 0.4) is 0 Å². The molecule has 100 valence electrons. The standard InChI is InChI=1S/C14H14N2S2.BrH/c1-10-3-5-13(6-4-10)17-9-12-7-16-11(2)8-18-14(16)15-12;/h3-8H,9H2,1-2H3;1H/p-1. The van der Waals surface area contributed by atoms with E-state index in [1.54, 1.807) is 11.3 Å². The lowest BCUT2D eigenvalue weighted by atomic mass is 10.2. The van der Waals surface area contributed by atoms with Gasteiger partial charge in [0.1, 0.15) is 0 Å². The second-order valence-electron chi connectivity index (χ2n) is 4.36. The lowest BCUT2D eigenvalue weighted by Gasteiger charge is -1.99. The minimum Gasteiger partial charge on any atom is -1.00 e. The SMILES string of the molecule is Cc1ccc(SCc2cn3c(C)csc3n2)cc1.[Br-]. The van der Waals surface area contributed by atoms with Crippen molar-refractivity contribution in [3.05, 3.63) is 52.8 Å². The van der Waals surface area contributed by atoms with E-state index in [2.05, 4.69) is 59.1 Å². The summed E-state index contributed by atoms with van der Waals surface area (Å²) in [5, 5.41) is 2.14. The second-order valence-corrected chi connectivity index (χ2v) is 6.25. The molecule has 0 amide bonds. The first kappa shape index (κ1) is 14.6. The van der Waals surface area contributed by atoms with Gasteiger partial charge in [0.25, 0.3) is 0 Å². The Labute approximate surface area is 131 Å². The summed E-state index contributed by atoms with van der Waals surface area (Å²) in [6, 6.07) is 8.64. The van der Waals surface area contributed by atoms with Gasteiger partial charge in [-0.2, -0.15) is 0 Å². The fourth-order valence-corrected chi connectivity index (χ4v) is 3.45. The molecule has 2 nitrogen and oxygen atoms in total. The predicted octanol–water partition coefficient (Wildman–Crippen LogP) is 1.31. The largest absolute Gasteiger partial charge is 1.00 e. The lowest BCUT2D eigenvalue weighted by Crippen LogP contribution is -3.00. The Hall–Kier alpha value is -0.780. The van der Waals surface area contributed by atoms with Gasteiger partial charge in [-0.15, -0.1) is 23.1 Å². The van der Waals surface area contributed by atoms with Crippen molar-refractivity contribution in [3.63, 3.8) is 0 Å². The molecule has 0 saturated carbocycles. The van der Waals surface area contributed by atoms with Crippen LogP contribution in [0.25, 0.3) is 4.96 Å². The molecule has 0 aliphatic carbocycles. The molecule has 19 heavy (non-hydrogen) atoms. The average molecular weight is 354 g/mol. The number of halogens is 1. The van der Waals surface area contributed by atoms with Gasteiger partial charge in [-0.25, -0.2) is 4.98 Å². The second kappa shape index (κ2) is 6.11. The highest BCUT2D eigenvalue weighted by molar-refractivity contribution is 7.98. The maximum absolute atomic E-state index is 4.63. The van der Waals surface area contributed by atoms with E-state index in [4.69, 9.17) is 0 Å². The summed E-state index contributed by atoms with van der Waals surface area (Å²) in [4.78, 5) is 7.02. The molecule has 0 saturated heterocycles. The molecule has 0 aliphatic rings. The quantitative estimate of drug-likeness (QED) is 0.660. The van der Waals surface area contributed by atoms with Crippen LogP contribution in [0.2, 0.25) is 0 Å². The van der Waals surface area contributed by atoms with Gasteiger partial charge in [0, 0.05) is 27.9 Å². The van der Waals surface area contributed by atoms with Gasteiger partial charge in [0.15, 0.2) is 4.96 Å². The highest BCUT2D eigenvalue weighted by atomic mass is 79.9. The van der Waals surface area contributed by atoms with Crippen LogP contribution < -0.4 is 17.0 Å². The Bertz CT molecular complexity index is 670. The number of thioether (sulfide) groups is 1. The Morgan fingerprint density at radius 1 is 1.21 bits per heavy atom. The number of fused-ring (bicyclic) bond motifs is 1. The number of benzene rings is 1. The van der Waals surface area contributed by atoms with Crippen molar-refractivity contribution in [1.82, 2.24) is 9.38 Å². The zero-order valence-electron chi connectivity index (χ0n) is 10.8. The van der Waals surface area contributed by atoms with E-state index < -0.39 is 0 Å². The first-order valence-electron chi connectivity index (χ1n) is 5.84.